The summed E-state index contributed by atoms with van der Waals surface area (Å²) in [6.07, 6.45) is 0.676. The van der Waals surface area contributed by atoms with Crippen molar-refractivity contribution < 1.29 is 9.21 Å². The molecule has 0 aliphatic carbocycles. The quantitative estimate of drug-likeness (QED) is 0.916. The third-order valence-electron chi connectivity index (χ3n) is 3.28. The highest BCUT2D eigenvalue weighted by atomic mass is 16.4. The molecule has 0 bridgehead atoms. The summed E-state index contributed by atoms with van der Waals surface area (Å²) >= 11 is 0. The maximum Gasteiger partial charge on any atom is 0.289 e. The third-order valence-corrected chi connectivity index (χ3v) is 3.28. The number of amides is 1. The van der Waals surface area contributed by atoms with Crippen molar-refractivity contribution in [2.24, 2.45) is 0 Å². The van der Waals surface area contributed by atoms with Crippen molar-refractivity contribution in [1.82, 2.24) is 20.1 Å². The fourth-order valence-corrected chi connectivity index (χ4v) is 2.27. The van der Waals surface area contributed by atoms with E-state index in [1.54, 1.807) is 6.92 Å². The Morgan fingerprint density at radius 1 is 1.43 bits per heavy atom. The van der Waals surface area contributed by atoms with Crippen LogP contribution in [0.1, 0.15) is 47.4 Å². The highest BCUT2D eigenvalue weighted by Gasteiger charge is 2.19. The van der Waals surface area contributed by atoms with E-state index in [1.165, 1.54) is 0 Å². The molecule has 1 amide bonds. The molecular weight excluding hydrogens is 268 g/mol. The molecular formula is C15H22N4O2. The van der Waals surface area contributed by atoms with Crippen molar-refractivity contribution in [3.05, 3.63) is 34.8 Å². The summed E-state index contributed by atoms with van der Waals surface area (Å²) in [5.74, 6) is 0.657. The van der Waals surface area contributed by atoms with Crippen molar-refractivity contribution in [1.29, 1.82) is 0 Å². The molecule has 0 saturated heterocycles. The fraction of sp³-hybridized carbons (Fsp3) is 0.533. The van der Waals surface area contributed by atoms with Gasteiger partial charge in [0.1, 0.15) is 0 Å². The minimum Gasteiger partial charge on any atom is -0.435 e. The molecule has 6 nitrogen and oxygen atoms in total. The number of aryl methyl sites for hydroxylation is 4. The minimum absolute atomic E-state index is 0.0509. The summed E-state index contributed by atoms with van der Waals surface area (Å²) in [6.45, 7) is 10.3. The van der Waals surface area contributed by atoms with Crippen LogP contribution in [0.5, 0.6) is 0 Å². The van der Waals surface area contributed by atoms with E-state index in [4.69, 9.17) is 4.42 Å². The fourth-order valence-electron chi connectivity index (χ4n) is 2.27. The van der Waals surface area contributed by atoms with Gasteiger partial charge in [-0.05, 0) is 33.8 Å². The Kier molecular flexibility index (Phi) is 4.45. The SMILES string of the molecule is CCc1nc(C)c(C(=O)N[C@H](C)Cn2nc(C)cc2C)o1. The minimum atomic E-state index is -0.228. The van der Waals surface area contributed by atoms with E-state index in [1.807, 2.05) is 38.4 Å². The van der Waals surface area contributed by atoms with E-state index < -0.39 is 0 Å². The summed E-state index contributed by atoms with van der Waals surface area (Å²) in [5.41, 5.74) is 2.69. The van der Waals surface area contributed by atoms with Crippen LogP contribution in [0, 0.1) is 20.8 Å². The first-order chi connectivity index (χ1) is 9.90. The molecule has 1 atom stereocenters. The Labute approximate surface area is 124 Å². The first-order valence-corrected chi connectivity index (χ1v) is 7.19. The Bertz CT molecular complexity index is 642. The number of carbonyl (C=O) groups is 1. The molecule has 6 heteroatoms. The molecule has 0 aromatic carbocycles. The molecule has 0 aliphatic heterocycles. The Morgan fingerprint density at radius 2 is 2.14 bits per heavy atom. The number of nitrogens with zero attached hydrogens (tertiary/aromatic N) is 3. The van der Waals surface area contributed by atoms with Gasteiger partial charge in [-0.15, -0.1) is 0 Å². The van der Waals surface area contributed by atoms with Gasteiger partial charge in [0.15, 0.2) is 5.89 Å². The van der Waals surface area contributed by atoms with Gasteiger partial charge in [-0.2, -0.15) is 5.10 Å². The third kappa shape index (κ3) is 3.51. The lowest BCUT2D eigenvalue weighted by Crippen LogP contribution is -2.36. The monoisotopic (exact) mass is 290 g/mol. The molecule has 0 aliphatic rings. The standard InChI is InChI=1S/C15H22N4O2/c1-6-13-17-12(5)14(21-13)15(20)16-10(3)8-19-11(4)7-9(2)18-19/h7,10H,6,8H2,1-5H3,(H,16,20)/t10-/m1/s1. The second-order valence-electron chi connectivity index (χ2n) is 5.36. The van der Waals surface area contributed by atoms with Gasteiger partial charge in [-0.25, -0.2) is 4.98 Å². The largest absolute Gasteiger partial charge is 0.435 e. The average Bonchev–Trinajstić information content (AvgIpc) is 2.92. The van der Waals surface area contributed by atoms with E-state index >= 15 is 0 Å². The number of rotatable bonds is 5. The number of hydrogen-bond donors (Lipinski definition) is 1. The number of aromatic nitrogens is 3. The lowest BCUT2D eigenvalue weighted by Gasteiger charge is -2.14. The zero-order chi connectivity index (χ0) is 15.6. The van der Waals surface area contributed by atoms with Gasteiger partial charge in [0.05, 0.1) is 17.9 Å². The molecule has 21 heavy (non-hydrogen) atoms. The van der Waals surface area contributed by atoms with Crippen LogP contribution in [0.2, 0.25) is 0 Å². The van der Waals surface area contributed by atoms with Crippen molar-refractivity contribution in [2.75, 3.05) is 0 Å². The Hall–Kier alpha value is -2.11. The average molecular weight is 290 g/mol. The number of hydrogen-bond acceptors (Lipinski definition) is 4. The zero-order valence-corrected chi connectivity index (χ0v) is 13.2. The van der Waals surface area contributed by atoms with Crippen LogP contribution in [0.15, 0.2) is 10.5 Å². The van der Waals surface area contributed by atoms with Gasteiger partial charge in [0, 0.05) is 18.2 Å². The summed E-state index contributed by atoms with van der Waals surface area (Å²) in [5, 5.41) is 7.32. The van der Waals surface area contributed by atoms with Crippen LogP contribution in [0.25, 0.3) is 0 Å². The molecule has 0 fully saturated rings. The van der Waals surface area contributed by atoms with Gasteiger partial charge in [0.2, 0.25) is 5.76 Å². The predicted octanol–water partition coefficient (Wildman–Crippen LogP) is 2.18. The molecule has 0 unspecified atom stereocenters. The van der Waals surface area contributed by atoms with Crippen molar-refractivity contribution in [2.45, 2.75) is 53.6 Å². The lowest BCUT2D eigenvalue weighted by atomic mass is 10.3. The van der Waals surface area contributed by atoms with Crippen LogP contribution >= 0.6 is 0 Å². The second-order valence-corrected chi connectivity index (χ2v) is 5.36. The van der Waals surface area contributed by atoms with Crippen LogP contribution in [-0.4, -0.2) is 26.7 Å². The van der Waals surface area contributed by atoms with Crippen molar-refractivity contribution in [3.8, 4) is 0 Å². The van der Waals surface area contributed by atoms with E-state index in [2.05, 4.69) is 15.4 Å². The molecule has 1 N–H and O–H groups in total. The number of nitrogens with one attached hydrogen (secondary N) is 1. The van der Waals surface area contributed by atoms with E-state index in [0.29, 0.717) is 30.3 Å². The van der Waals surface area contributed by atoms with E-state index in [-0.39, 0.29) is 11.9 Å². The molecule has 2 aromatic heterocycles. The second kappa shape index (κ2) is 6.11. The van der Waals surface area contributed by atoms with Crippen LogP contribution in [-0.2, 0) is 13.0 Å². The lowest BCUT2D eigenvalue weighted by molar-refractivity contribution is 0.0905. The maximum atomic E-state index is 12.2. The highest BCUT2D eigenvalue weighted by molar-refractivity contribution is 5.92. The molecule has 0 saturated carbocycles. The molecule has 2 rings (SSSR count). The van der Waals surface area contributed by atoms with E-state index in [0.717, 1.165) is 11.4 Å². The Morgan fingerprint density at radius 3 is 2.67 bits per heavy atom. The van der Waals surface area contributed by atoms with Gasteiger partial charge >= 0.3 is 0 Å². The topological polar surface area (TPSA) is 73.0 Å². The highest BCUT2D eigenvalue weighted by Crippen LogP contribution is 2.11. The smallest absolute Gasteiger partial charge is 0.289 e. The number of oxazole rings is 1. The molecule has 114 valence electrons. The number of carbonyl (C=O) groups excluding carboxylic acids is 1. The molecule has 2 heterocycles. The zero-order valence-electron chi connectivity index (χ0n) is 13.2. The maximum absolute atomic E-state index is 12.2. The van der Waals surface area contributed by atoms with Crippen LogP contribution in [0.3, 0.4) is 0 Å². The summed E-state index contributed by atoms with van der Waals surface area (Å²) in [7, 11) is 0. The Balaban J connectivity index is 2.01. The first-order valence-electron chi connectivity index (χ1n) is 7.19. The van der Waals surface area contributed by atoms with Crippen molar-refractivity contribution in [3.63, 3.8) is 0 Å². The summed E-state index contributed by atoms with van der Waals surface area (Å²) < 4.78 is 7.35. The molecule has 0 radical (unpaired) electrons. The van der Waals surface area contributed by atoms with E-state index in [9.17, 15) is 4.79 Å². The molecule has 2 aromatic rings. The van der Waals surface area contributed by atoms with Crippen molar-refractivity contribution >= 4 is 5.91 Å². The molecule has 0 spiro atoms. The van der Waals surface area contributed by atoms with Crippen LogP contribution < -0.4 is 5.32 Å². The summed E-state index contributed by atoms with van der Waals surface area (Å²) in [6, 6.07) is 1.97. The summed E-state index contributed by atoms with van der Waals surface area (Å²) in [4.78, 5) is 16.4. The first kappa shape index (κ1) is 15.3. The normalized spacial score (nSPS) is 12.4. The van der Waals surface area contributed by atoms with Gasteiger partial charge < -0.3 is 9.73 Å². The van der Waals surface area contributed by atoms with Gasteiger partial charge in [-0.1, -0.05) is 6.92 Å². The van der Waals surface area contributed by atoms with Gasteiger partial charge in [-0.3, -0.25) is 9.48 Å². The van der Waals surface area contributed by atoms with Gasteiger partial charge in [0.25, 0.3) is 5.91 Å². The predicted molar refractivity (Wildman–Crippen MR) is 79.2 cm³/mol. The van der Waals surface area contributed by atoms with Crippen LogP contribution in [0.4, 0.5) is 0 Å².